The first kappa shape index (κ1) is 16.0. The lowest BCUT2D eigenvalue weighted by Crippen LogP contribution is -2.41. The molecule has 1 atom stereocenters. The number of carbonyl (C=O) groups is 2. The number of amidine groups is 1. The molecule has 2 N–H and O–H groups in total. The van der Waals surface area contributed by atoms with E-state index < -0.39 is 5.25 Å². The maximum Gasteiger partial charge on any atom is 0.238 e. The summed E-state index contributed by atoms with van der Waals surface area (Å²) in [5.74, 6) is 0.0301. The number of nitrogens with one attached hydrogen (secondary N) is 2. The predicted molar refractivity (Wildman–Crippen MR) is 92.9 cm³/mol. The molecule has 0 saturated carbocycles. The van der Waals surface area contributed by atoms with Crippen molar-refractivity contribution in [2.75, 3.05) is 5.32 Å². The van der Waals surface area contributed by atoms with E-state index in [-0.39, 0.29) is 23.4 Å². The van der Waals surface area contributed by atoms with Crippen LogP contribution in [0.25, 0.3) is 0 Å². The Morgan fingerprint density at radius 2 is 2.12 bits per heavy atom. The van der Waals surface area contributed by atoms with Gasteiger partial charge >= 0.3 is 0 Å². The average molecular weight is 342 g/mol. The number of hydrogen-bond acceptors (Lipinski definition) is 6. The van der Waals surface area contributed by atoms with E-state index in [2.05, 4.69) is 20.8 Å². The fourth-order valence-corrected chi connectivity index (χ4v) is 2.92. The lowest BCUT2D eigenvalue weighted by Gasteiger charge is -2.21. The summed E-state index contributed by atoms with van der Waals surface area (Å²) in [5.41, 5.74) is 0.684. The van der Waals surface area contributed by atoms with E-state index >= 15 is 0 Å². The lowest BCUT2D eigenvalue weighted by molar-refractivity contribution is -0.123. The number of hydrogen-bond donors (Lipinski definition) is 2. The highest BCUT2D eigenvalue weighted by Crippen LogP contribution is 2.22. The molecule has 24 heavy (non-hydrogen) atoms. The third-order valence-corrected chi connectivity index (χ3v) is 4.15. The van der Waals surface area contributed by atoms with Crippen molar-refractivity contribution >= 4 is 40.6 Å². The molecular weight excluding hydrogens is 328 g/mol. The van der Waals surface area contributed by atoms with Crippen molar-refractivity contribution in [3.63, 3.8) is 0 Å². The zero-order chi connectivity index (χ0) is 16.8. The largest absolute Gasteiger partial charge is 0.463 e. The number of para-hydroxylation sites is 1. The third-order valence-electron chi connectivity index (χ3n) is 3.08. The Balaban J connectivity index is 1.64. The number of anilines is 1. The smallest absolute Gasteiger partial charge is 0.238 e. The van der Waals surface area contributed by atoms with E-state index in [0.717, 1.165) is 11.8 Å². The van der Waals surface area contributed by atoms with Gasteiger partial charge in [0.05, 0.1) is 12.5 Å². The Labute approximate surface area is 142 Å². The molecule has 1 aromatic heterocycles. The number of benzene rings is 1. The van der Waals surface area contributed by atoms with Crippen LogP contribution in [0.2, 0.25) is 0 Å². The Hall–Kier alpha value is -2.87. The summed E-state index contributed by atoms with van der Waals surface area (Å²) in [7, 11) is 0. The van der Waals surface area contributed by atoms with Crippen molar-refractivity contribution in [3.05, 3.63) is 54.5 Å². The maximum absolute atomic E-state index is 12.3. The minimum absolute atomic E-state index is 0.0876. The fourth-order valence-electron chi connectivity index (χ4n) is 1.99. The SMILES string of the molecule is O=C1C[C@@H](C(=O)Nc2ccccc2)SC(=N/N=C/c2ccco2)N1. The van der Waals surface area contributed by atoms with E-state index in [0.29, 0.717) is 11.4 Å². The second kappa shape index (κ2) is 7.60. The van der Waals surface area contributed by atoms with Gasteiger partial charge in [-0.1, -0.05) is 30.0 Å². The van der Waals surface area contributed by atoms with Crippen LogP contribution in [0.4, 0.5) is 5.69 Å². The van der Waals surface area contributed by atoms with Crippen molar-refractivity contribution in [1.29, 1.82) is 0 Å². The first-order chi connectivity index (χ1) is 11.7. The van der Waals surface area contributed by atoms with Gasteiger partial charge in [-0.05, 0) is 24.3 Å². The van der Waals surface area contributed by atoms with Crippen LogP contribution < -0.4 is 10.6 Å². The summed E-state index contributed by atoms with van der Waals surface area (Å²) in [6, 6.07) is 12.5. The monoisotopic (exact) mass is 342 g/mol. The average Bonchev–Trinajstić information content (AvgIpc) is 3.09. The lowest BCUT2D eigenvalue weighted by atomic mass is 10.2. The fraction of sp³-hybridized carbons (Fsp3) is 0.125. The van der Waals surface area contributed by atoms with Crippen LogP contribution in [0, 0.1) is 0 Å². The molecule has 0 aliphatic carbocycles. The molecule has 0 bridgehead atoms. The quantitative estimate of drug-likeness (QED) is 0.658. The van der Waals surface area contributed by atoms with Gasteiger partial charge in [0.1, 0.15) is 11.0 Å². The molecule has 7 nitrogen and oxygen atoms in total. The molecule has 122 valence electrons. The molecule has 1 aliphatic heterocycles. The van der Waals surface area contributed by atoms with E-state index in [1.165, 1.54) is 12.5 Å². The predicted octanol–water partition coefficient (Wildman–Crippen LogP) is 2.23. The van der Waals surface area contributed by atoms with Crippen LogP contribution in [0.1, 0.15) is 12.2 Å². The van der Waals surface area contributed by atoms with E-state index in [9.17, 15) is 9.59 Å². The van der Waals surface area contributed by atoms with Crippen molar-refractivity contribution in [3.8, 4) is 0 Å². The van der Waals surface area contributed by atoms with E-state index in [1.807, 2.05) is 18.2 Å². The van der Waals surface area contributed by atoms with Gasteiger partial charge in [0.25, 0.3) is 0 Å². The molecule has 2 aromatic rings. The third kappa shape index (κ3) is 4.32. The van der Waals surface area contributed by atoms with Crippen LogP contribution in [0.5, 0.6) is 0 Å². The van der Waals surface area contributed by atoms with Crippen LogP contribution in [-0.2, 0) is 9.59 Å². The minimum atomic E-state index is -0.559. The highest BCUT2D eigenvalue weighted by Gasteiger charge is 2.30. The number of nitrogens with zero attached hydrogens (tertiary/aromatic N) is 2. The van der Waals surface area contributed by atoms with Gasteiger partial charge in [0.15, 0.2) is 5.17 Å². The van der Waals surface area contributed by atoms with Crippen LogP contribution in [-0.4, -0.2) is 28.4 Å². The molecule has 0 unspecified atom stereocenters. The second-order valence-electron chi connectivity index (χ2n) is 4.88. The molecule has 1 aliphatic rings. The Kier molecular flexibility index (Phi) is 5.07. The number of carbonyl (C=O) groups excluding carboxylic acids is 2. The molecular formula is C16H14N4O3S. The molecule has 3 rings (SSSR count). The molecule has 2 heterocycles. The van der Waals surface area contributed by atoms with Gasteiger partial charge in [-0.15, -0.1) is 5.10 Å². The Bertz CT molecular complexity index is 772. The normalized spacial score (nSPS) is 19.4. The molecule has 2 amide bonds. The van der Waals surface area contributed by atoms with Crippen molar-refractivity contribution in [2.45, 2.75) is 11.7 Å². The van der Waals surface area contributed by atoms with Crippen LogP contribution in [0.15, 0.2) is 63.3 Å². The summed E-state index contributed by atoms with van der Waals surface area (Å²) in [5, 5.41) is 12.9. The molecule has 8 heteroatoms. The van der Waals surface area contributed by atoms with Gasteiger partial charge in [0.2, 0.25) is 11.8 Å². The van der Waals surface area contributed by atoms with E-state index in [4.69, 9.17) is 4.42 Å². The molecule has 0 spiro atoms. The highest BCUT2D eigenvalue weighted by atomic mass is 32.2. The Morgan fingerprint density at radius 3 is 2.88 bits per heavy atom. The first-order valence-corrected chi connectivity index (χ1v) is 8.05. The van der Waals surface area contributed by atoms with E-state index in [1.54, 1.807) is 24.3 Å². The summed E-state index contributed by atoms with van der Waals surface area (Å²) >= 11 is 1.16. The standard InChI is InChI=1S/C16H14N4O3S/c21-14-9-13(15(22)18-11-5-2-1-3-6-11)24-16(19-14)20-17-10-12-7-4-8-23-12/h1-8,10,13H,9H2,(H,18,22)(H,19,20,21)/b17-10+/t13-/m0/s1. The first-order valence-electron chi connectivity index (χ1n) is 7.17. The molecule has 0 radical (unpaired) electrons. The maximum atomic E-state index is 12.3. The van der Waals surface area contributed by atoms with Gasteiger partial charge in [0, 0.05) is 12.1 Å². The zero-order valence-electron chi connectivity index (χ0n) is 12.5. The summed E-state index contributed by atoms with van der Waals surface area (Å²) in [6.45, 7) is 0. The van der Waals surface area contributed by atoms with Crippen molar-refractivity contribution in [1.82, 2.24) is 5.32 Å². The minimum Gasteiger partial charge on any atom is -0.463 e. The summed E-state index contributed by atoms with van der Waals surface area (Å²) in [6.07, 6.45) is 3.03. The molecule has 1 saturated heterocycles. The van der Waals surface area contributed by atoms with Crippen molar-refractivity contribution < 1.29 is 14.0 Å². The van der Waals surface area contributed by atoms with Gasteiger partial charge in [-0.2, -0.15) is 5.10 Å². The molecule has 1 aromatic carbocycles. The Morgan fingerprint density at radius 1 is 1.29 bits per heavy atom. The summed E-state index contributed by atoms with van der Waals surface area (Å²) in [4.78, 5) is 24.1. The number of rotatable bonds is 4. The number of amides is 2. The highest BCUT2D eigenvalue weighted by molar-refractivity contribution is 8.15. The van der Waals surface area contributed by atoms with Gasteiger partial charge in [-0.25, -0.2) is 0 Å². The molecule has 1 fully saturated rings. The zero-order valence-corrected chi connectivity index (χ0v) is 13.3. The second-order valence-corrected chi connectivity index (χ2v) is 6.07. The van der Waals surface area contributed by atoms with Crippen LogP contribution >= 0.6 is 11.8 Å². The number of thioether (sulfide) groups is 1. The van der Waals surface area contributed by atoms with Gasteiger partial charge in [-0.3, -0.25) is 9.59 Å². The topological polar surface area (TPSA) is 96.1 Å². The van der Waals surface area contributed by atoms with Gasteiger partial charge < -0.3 is 15.1 Å². The van der Waals surface area contributed by atoms with Crippen molar-refractivity contribution in [2.24, 2.45) is 10.2 Å². The van der Waals surface area contributed by atoms with Crippen LogP contribution in [0.3, 0.4) is 0 Å². The summed E-state index contributed by atoms with van der Waals surface area (Å²) < 4.78 is 5.09. The number of furan rings is 1.